The Morgan fingerprint density at radius 3 is 2.00 bits per heavy atom. The van der Waals surface area contributed by atoms with E-state index in [9.17, 15) is 42.0 Å². The quantitative estimate of drug-likeness (QED) is 0.0294. The molecule has 1 aromatic rings. The number of carbonyl (C=O) groups is 3. The number of benzene rings is 1. The third kappa shape index (κ3) is 12.4. The minimum absolute atomic E-state index is 0.108. The van der Waals surface area contributed by atoms with Gasteiger partial charge in [0, 0.05) is 61.9 Å². The highest BCUT2D eigenvalue weighted by molar-refractivity contribution is 8.10. The summed E-state index contributed by atoms with van der Waals surface area (Å²) in [6.45, 7) is 12.7. The third-order valence-electron chi connectivity index (χ3n) is 14.1. The number of thiol groups is 1. The van der Waals surface area contributed by atoms with E-state index in [0.717, 1.165) is 36.7 Å². The number of esters is 2. The molecule has 0 unspecified atom stereocenters. The second kappa shape index (κ2) is 22.7. The van der Waals surface area contributed by atoms with Crippen LogP contribution in [0.15, 0.2) is 53.6 Å². The number of carbonyl (C=O) groups excluding carboxylic acids is 3. The fourth-order valence-electron chi connectivity index (χ4n) is 10.9. The van der Waals surface area contributed by atoms with Gasteiger partial charge in [-0.05, 0) is 42.9 Å². The zero-order valence-corrected chi connectivity index (χ0v) is 40.7. The van der Waals surface area contributed by atoms with Crippen molar-refractivity contribution in [3.63, 3.8) is 0 Å². The lowest BCUT2D eigenvalue weighted by atomic mass is 9.59. The van der Waals surface area contributed by atoms with Gasteiger partial charge in [0.25, 0.3) is 0 Å². The van der Waals surface area contributed by atoms with Crippen LogP contribution >= 0.6 is 24.8 Å². The Morgan fingerprint density at radius 2 is 1.51 bits per heavy atom. The molecule has 15 heteroatoms. The number of thiocarbonyl (C=S) groups is 1. The van der Waals surface area contributed by atoms with E-state index in [1.807, 2.05) is 13.8 Å². The number of likely N-dealkylation sites (tertiary alicyclic amines) is 1. The number of hydrogen-bond acceptors (Lipinski definition) is 11. The number of aliphatic hydroxyl groups is 3. The Balaban J connectivity index is 0.000000374. The summed E-state index contributed by atoms with van der Waals surface area (Å²) in [5.74, 6) is -4.83. The van der Waals surface area contributed by atoms with Gasteiger partial charge in [-0.2, -0.15) is 8.42 Å². The highest BCUT2D eigenvalue weighted by Gasteiger charge is 2.87. The highest BCUT2D eigenvalue weighted by atomic mass is 32.3. The van der Waals surface area contributed by atoms with Gasteiger partial charge in [-0.15, -0.1) is 16.5 Å². The topological polar surface area (TPSA) is 168 Å². The molecule has 0 radical (unpaired) electrons. The van der Waals surface area contributed by atoms with Gasteiger partial charge in [-0.1, -0.05) is 147 Å². The van der Waals surface area contributed by atoms with E-state index in [2.05, 4.69) is 24.5 Å². The second-order valence-electron chi connectivity index (χ2n) is 18.9. The Bertz CT molecular complexity index is 1920. The summed E-state index contributed by atoms with van der Waals surface area (Å²) in [7, 11) is -4.38. The molecule has 6 rings (SSSR count). The fraction of sp³-hybridized carbons (Fsp3) is 0.708. The predicted octanol–water partition coefficient (Wildman–Crippen LogP) is 8.54. The molecule has 1 aromatic carbocycles. The molecule has 11 nitrogen and oxygen atoms in total. The molecule has 1 heterocycles. The highest BCUT2D eigenvalue weighted by Crippen LogP contribution is 2.77. The van der Waals surface area contributed by atoms with Gasteiger partial charge in [-0.3, -0.25) is 14.4 Å². The number of aliphatic hydroxyl groups excluding tert-OH is 1. The maximum Gasteiger partial charge on any atom is 0.306 e. The monoisotopic (exact) mass is 937 g/mol. The Morgan fingerprint density at radius 1 is 0.952 bits per heavy atom. The summed E-state index contributed by atoms with van der Waals surface area (Å²) in [6, 6.07) is 8.21. The van der Waals surface area contributed by atoms with Crippen LogP contribution in [-0.4, -0.2) is 93.3 Å². The predicted molar refractivity (Wildman–Crippen MR) is 250 cm³/mol. The average molecular weight is 938 g/mol. The van der Waals surface area contributed by atoms with Crippen molar-refractivity contribution in [2.75, 3.05) is 19.7 Å². The Kier molecular flexibility index (Phi) is 19.0. The number of nitrogens with zero attached hydrogens (tertiary/aromatic N) is 1. The molecule has 63 heavy (non-hydrogen) atoms. The smallest absolute Gasteiger partial charge is 0.306 e. The molecule has 0 aromatic heterocycles. The summed E-state index contributed by atoms with van der Waals surface area (Å²) in [5, 5.41) is 34.8. The van der Waals surface area contributed by atoms with Crippen molar-refractivity contribution in [3.05, 3.63) is 59.2 Å². The van der Waals surface area contributed by atoms with E-state index < -0.39 is 85.7 Å². The zero-order chi connectivity index (χ0) is 46.8. The van der Waals surface area contributed by atoms with E-state index >= 15 is 0 Å². The first-order valence-electron chi connectivity index (χ1n) is 22.9. The van der Waals surface area contributed by atoms with Crippen molar-refractivity contribution in [1.82, 2.24) is 4.90 Å². The maximum absolute atomic E-state index is 13.3. The standard InChI is InChI=1S/C36H56O8.C7H7FO2S.C5H9NS2/c1-7-8-9-10-11-12-13-14-15-16-17-18-29(39)43-32-24(3)35(42)27(30-33(5,6)36(30,32)44-25(4)38)20-26(22-37)21-34(41)28(35)19-23(2)31(34)40;8-11(9,10)6-7-4-2-1-3-5-7;7-5(8)6-3-1-2-4-6/h19-20,24,27-28,30,32,37,41-42H,7-18,21-22H2,1-6H3;1-5H,6H2;1-4H2,(H,7,8)/t24-,27+,28-,30+,32-,34-,35-,36-;;/m1../s1. The lowest BCUT2D eigenvalue weighted by Gasteiger charge is -2.53. The van der Waals surface area contributed by atoms with E-state index in [4.69, 9.17) is 21.7 Å². The number of halogens is 1. The molecule has 1 aliphatic heterocycles. The van der Waals surface area contributed by atoms with Crippen molar-refractivity contribution in [3.8, 4) is 0 Å². The van der Waals surface area contributed by atoms with E-state index in [1.54, 1.807) is 56.3 Å². The van der Waals surface area contributed by atoms with Gasteiger partial charge in [0.1, 0.15) is 21.8 Å². The van der Waals surface area contributed by atoms with Crippen LogP contribution in [0.25, 0.3) is 0 Å². The molecule has 2 saturated carbocycles. The number of ketones is 1. The molecule has 5 aliphatic rings. The Labute approximate surface area is 386 Å². The van der Waals surface area contributed by atoms with Crippen molar-refractivity contribution >= 4 is 57.1 Å². The van der Waals surface area contributed by atoms with E-state index in [0.29, 0.717) is 23.1 Å². The number of rotatable bonds is 17. The van der Waals surface area contributed by atoms with Crippen LogP contribution in [-0.2, 0) is 39.8 Å². The molecule has 4 aliphatic carbocycles. The largest absolute Gasteiger partial charge is 0.458 e. The zero-order valence-electron chi connectivity index (χ0n) is 38.2. The first-order chi connectivity index (χ1) is 29.6. The van der Waals surface area contributed by atoms with Crippen LogP contribution in [0.2, 0.25) is 0 Å². The van der Waals surface area contributed by atoms with Crippen LogP contribution in [0.1, 0.15) is 143 Å². The lowest BCUT2D eigenvalue weighted by Crippen LogP contribution is -2.66. The molecule has 8 atom stereocenters. The van der Waals surface area contributed by atoms with E-state index in [-0.39, 0.29) is 19.4 Å². The number of ether oxygens (including phenoxy) is 2. The second-order valence-corrected chi connectivity index (χ2v) is 21.3. The van der Waals surface area contributed by atoms with Crippen molar-refractivity contribution in [2.24, 2.45) is 29.1 Å². The van der Waals surface area contributed by atoms with Crippen LogP contribution in [0, 0.1) is 29.1 Å². The van der Waals surface area contributed by atoms with Crippen LogP contribution in [0.5, 0.6) is 0 Å². The summed E-state index contributed by atoms with van der Waals surface area (Å²) in [6.07, 6.45) is 17.9. The van der Waals surface area contributed by atoms with Gasteiger partial charge in [0.05, 0.1) is 12.2 Å². The summed E-state index contributed by atoms with van der Waals surface area (Å²) < 4.78 is 45.3. The lowest BCUT2D eigenvalue weighted by molar-refractivity contribution is -0.228. The summed E-state index contributed by atoms with van der Waals surface area (Å²) in [5.41, 5.74) is -4.24. The van der Waals surface area contributed by atoms with Gasteiger partial charge in [0.15, 0.2) is 11.4 Å². The van der Waals surface area contributed by atoms with Crippen LogP contribution < -0.4 is 0 Å². The molecular weight excluding hydrogens is 866 g/mol. The number of fused-ring (bicyclic) bond motifs is 5. The molecule has 0 spiro atoms. The molecule has 0 bridgehead atoms. The van der Waals surface area contributed by atoms with Gasteiger partial charge in [-0.25, -0.2) is 0 Å². The van der Waals surface area contributed by atoms with E-state index in [1.165, 1.54) is 64.7 Å². The molecule has 3 N–H and O–H groups in total. The number of unbranched alkanes of at least 4 members (excludes halogenated alkanes) is 10. The first kappa shape index (κ1) is 52.9. The SMILES string of the molecule is CCCCCCCCCCCCCC(=O)O[C@@H]1[C@@H](C)[C@@]2(O)[C@@H](C=C(CO)C[C@]3(O)C(=O)C(C)=C[C@@H]23)[C@H]2C(C)(C)[C@]12OC(C)=O.O=S(=O)(F)Cc1ccccc1.S=C(S)N1CCCC1. The molecule has 0 amide bonds. The first-order valence-corrected chi connectivity index (χ1v) is 25.3. The van der Waals surface area contributed by atoms with Crippen molar-refractivity contribution in [2.45, 2.75) is 167 Å². The minimum atomic E-state index is -4.38. The number of Topliss-reactive ketones (excluding diaryl/α,β-unsaturated/α-hetero) is 1. The average Bonchev–Trinajstić information content (AvgIpc) is 3.54. The van der Waals surface area contributed by atoms with Gasteiger partial charge < -0.3 is 29.7 Å². The van der Waals surface area contributed by atoms with Gasteiger partial charge >= 0.3 is 22.2 Å². The van der Waals surface area contributed by atoms with Crippen molar-refractivity contribution < 1.29 is 51.5 Å². The third-order valence-corrected chi connectivity index (χ3v) is 15.3. The maximum atomic E-state index is 13.3. The van der Waals surface area contributed by atoms with Crippen LogP contribution in [0.3, 0.4) is 0 Å². The Hall–Kier alpha value is -2.69. The van der Waals surface area contributed by atoms with Crippen molar-refractivity contribution in [1.29, 1.82) is 0 Å². The summed E-state index contributed by atoms with van der Waals surface area (Å²) >= 11 is 8.90. The molecule has 3 fully saturated rings. The fourth-order valence-corrected chi connectivity index (χ4v) is 11.9. The summed E-state index contributed by atoms with van der Waals surface area (Å²) in [4.78, 5) is 41.3. The van der Waals surface area contributed by atoms with Gasteiger partial charge in [0.2, 0.25) is 0 Å². The molecule has 1 saturated heterocycles. The molecular formula is C48H72FNO10S3. The minimum Gasteiger partial charge on any atom is -0.458 e. The normalized spacial score (nSPS) is 30.1. The number of hydrogen-bond donors (Lipinski definition) is 4. The molecule has 354 valence electrons. The van der Waals surface area contributed by atoms with Crippen LogP contribution in [0.4, 0.5) is 3.89 Å².